The third-order valence-electron chi connectivity index (χ3n) is 4.69. The van der Waals surface area contributed by atoms with Gasteiger partial charge in [0, 0.05) is 12.1 Å². The summed E-state index contributed by atoms with van der Waals surface area (Å²) in [7, 11) is 0. The van der Waals surface area contributed by atoms with Crippen molar-refractivity contribution in [3.63, 3.8) is 0 Å². The average molecular weight is 354 g/mol. The van der Waals surface area contributed by atoms with Crippen molar-refractivity contribution in [3.8, 4) is 11.5 Å². The number of amides is 1. The van der Waals surface area contributed by atoms with Crippen LogP contribution in [0.3, 0.4) is 0 Å². The third-order valence-corrected chi connectivity index (χ3v) is 4.97. The summed E-state index contributed by atoms with van der Waals surface area (Å²) in [6.45, 7) is 4.91. The van der Waals surface area contributed by atoms with Crippen LogP contribution in [0.4, 0.5) is 0 Å². The van der Waals surface area contributed by atoms with Gasteiger partial charge in [-0.1, -0.05) is 38.3 Å². The van der Waals surface area contributed by atoms with Crippen LogP contribution in [0.25, 0.3) is 0 Å². The van der Waals surface area contributed by atoms with E-state index in [0.29, 0.717) is 24.3 Å². The minimum absolute atomic E-state index is 0.0459. The van der Waals surface area contributed by atoms with Gasteiger partial charge in [-0.15, -0.1) is 0 Å². The number of carbonyl (C=O) groups is 2. The summed E-state index contributed by atoms with van der Waals surface area (Å²) in [6.07, 6.45) is 4.50. The molecule has 1 aromatic rings. The lowest BCUT2D eigenvalue weighted by Crippen LogP contribution is -2.35. The Morgan fingerprint density at radius 1 is 1.17 bits per heavy atom. The Morgan fingerprint density at radius 2 is 1.75 bits per heavy atom. The van der Waals surface area contributed by atoms with Crippen LogP contribution >= 0.6 is 11.6 Å². The van der Waals surface area contributed by atoms with Crippen molar-refractivity contribution in [3.05, 3.63) is 22.7 Å². The second-order valence-electron chi connectivity index (χ2n) is 6.99. The molecular weight excluding hydrogens is 330 g/mol. The second-order valence-corrected chi connectivity index (χ2v) is 7.40. The Morgan fingerprint density at radius 3 is 2.29 bits per heavy atom. The normalized spacial score (nSPS) is 24.2. The van der Waals surface area contributed by atoms with Crippen LogP contribution in [0, 0.1) is 17.8 Å². The zero-order chi connectivity index (χ0) is 17.9. The quantitative estimate of drug-likeness (QED) is 0.334. The minimum atomic E-state index is -0.776. The van der Waals surface area contributed by atoms with Gasteiger partial charge in [-0.2, -0.15) is 0 Å². The summed E-state index contributed by atoms with van der Waals surface area (Å²) in [5.74, 6) is -0.908. The van der Waals surface area contributed by atoms with E-state index < -0.39 is 23.2 Å². The molecule has 3 N–H and O–H groups in total. The Bertz CT molecular complexity index is 596. The number of hydrogen-bond donors (Lipinski definition) is 3. The molecule has 1 amide bonds. The van der Waals surface area contributed by atoms with Gasteiger partial charge in [0.15, 0.2) is 11.5 Å². The number of phenols is 2. The van der Waals surface area contributed by atoms with Crippen molar-refractivity contribution in [2.75, 3.05) is 6.54 Å². The summed E-state index contributed by atoms with van der Waals surface area (Å²) in [5.41, 5.74) is -0.0459. The molecule has 2 rings (SSSR count). The summed E-state index contributed by atoms with van der Waals surface area (Å²) in [6, 6.07) is 2.22. The SMILES string of the molecule is C[C@@H]1CC[C@H](C)CC(CNC(=O)C(=O)c2cc(O)c(O)c(Cl)c2)C1. The monoisotopic (exact) mass is 353 g/mol. The zero-order valence-corrected chi connectivity index (χ0v) is 14.8. The molecule has 0 heterocycles. The number of aromatic hydroxyl groups is 2. The first-order valence-corrected chi connectivity index (χ1v) is 8.69. The van der Waals surface area contributed by atoms with Crippen LogP contribution in [-0.2, 0) is 4.79 Å². The molecule has 0 radical (unpaired) electrons. The molecule has 6 heteroatoms. The molecule has 0 spiro atoms. The molecule has 1 unspecified atom stereocenters. The fourth-order valence-corrected chi connectivity index (χ4v) is 3.58. The highest BCUT2D eigenvalue weighted by molar-refractivity contribution is 6.43. The van der Waals surface area contributed by atoms with Gasteiger partial charge < -0.3 is 15.5 Å². The third kappa shape index (κ3) is 4.63. The van der Waals surface area contributed by atoms with Gasteiger partial charge in [-0.25, -0.2) is 0 Å². The molecule has 3 atom stereocenters. The first-order chi connectivity index (χ1) is 11.3. The van der Waals surface area contributed by atoms with E-state index in [9.17, 15) is 19.8 Å². The number of halogens is 1. The van der Waals surface area contributed by atoms with Gasteiger partial charge in [-0.3, -0.25) is 9.59 Å². The maximum absolute atomic E-state index is 12.2. The maximum atomic E-state index is 12.2. The predicted molar refractivity (Wildman–Crippen MR) is 92.4 cm³/mol. The van der Waals surface area contributed by atoms with E-state index in [0.717, 1.165) is 18.9 Å². The fraction of sp³-hybridized carbons (Fsp3) is 0.556. The number of carbonyl (C=O) groups excluding carboxylic acids is 2. The number of hydrogen-bond acceptors (Lipinski definition) is 4. The Balaban J connectivity index is 1.98. The standard InChI is InChI=1S/C18H24ClNO4/c1-10-3-4-11(2)6-12(5-10)9-20-18(24)16(22)13-7-14(19)17(23)15(21)8-13/h7-8,10-12,21,23H,3-6,9H2,1-2H3,(H,20,24)/t10-,11+,12?. The van der Waals surface area contributed by atoms with E-state index in [4.69, 9.17) is 11.6 Å². The number of ketones is 1. The molecule has 0 bridgehead atoms. The highest BCUT2D eigenvalue weighted by Crippen LogP contribution is 2.34. The van der Waals surface area contributed by atoms with Crippen molar-refractivity contribution >= 4 is 23.3 Å². The Kier molecular flexibility index (Phi) is 6.10. The molecule has 132 valence electrons. The Labute approximate surface area is 147 Å². The van der Waals surface area contributed by atoms with Crippen LogP contribution < -0.4 is 5.32 Å². The number of Topliss-reactive ketones (excluding diaryl/α,β-unsaturated/α-hetero) is 1. The minimum Gasteiger partial charge on any atom is -0.504 e. The van der Waals surface area contributed by atoms with E-state index in [1.54, 1.807) is 0 Å². The first kappa shape index (κ1) is 18.6. The number of nitrogens with one attached hydrogen (secondary N) is 1. The molecule has 1 saturated carbocycles. The number of rotatable bonds is 4. The summed E-state index contributed by atoms with van der Waals surface area (Å²) < 4.78 is 0. The largest absolute Gasteiger partial charge is 0.504 e. The predicted octanol–water partition coefficient (Wildman–Crippen LogP) is 3.51. The lowest BCUT2D eigenvalue weighted by molar-refractivity contribution is -0.117. The van der Waals surface area contributed by atoms with Crippen molar-refractivity contribution in [1.29, 1.82) is 0 Å². The summed E-state index contributed by atoms with van der Waals surface area (Å²) in [5, 5.41) is 21.5. The molecule has 24 heavy (non-hydrogen) atoms. The van der Waals surface area contributed by atoms with E-state index >= 15 is 0 Å². The van der Waals surface area contributed by atoms with Crippen molar-refractivity contribution in [1.82, 2.24) is 5.32 Å². The van der Waals surface area contributed by atoms with Gasteiger partial charge >= 0.3 is 0 Å². The number of benzene rings is 1. The molecular formula is C18H24ClNO4. The van der Waals surface area contributed by atoms with Crippen molar-refractivity contribution in [2.45, 2.75) is 39.5 Å². The van der Waals surface area contributed by atoms with E-state index in [-0.39, 0.29) is 10.6 Å². The molecule has 1 aliphatic rings. The average Bonchev–Trinajstić information content (AvgIpc) is 2.69. The van der Waals surface area contributed by atoms with E-state index in [1.807, 2.05) is 0 Å². The van der Waals surface area contributed by atoms with Gasteiger partial charge in [0.25, 0.3) is 5.91 Å². The molecule has 1 aliphatic carbocycles. The molecule has 0 aliphatic heterocycles. The van der Waals surface area contributed by atoms with E-state index in [2.05, 4.69) is 19.2 Å². The van der Waals surface area contributed by atoms with Gasteiger partial charge in [0.1, 0.15) is 0 Å². The smallest absolute Gasteiger partial charge is 0.292 e. The van der Waals surface area contributed by atoms with Gasteiger partial charge in [0.2, 0.25) is 5.78 Å². The zero-order valence-electron chi connectivity index (χ0n) is 14.0. The lowest BCUT2D eigenvalue weighted by atomic mass is 9.92. The summed E-state index contributed by atoms with van der Waals surface area (Å²) in [4.78, 5) is 24.3. The fourth-order valence-electron chi connectivity index (χ4n) is 3.37. The lowest BCUT2D eigenvalue weighted by Gasteiger charge is -2.19. The first-order valence-electron chi connectivity index (χ1n) is 8.32. The Hall–Kier alpha value is -1.75. The van der Waals surface area contributed by atoms with Crippen LogP contribution in [0.2, 0.25) is 5.02 Å². The summed E-state index contributed by atoms with van der Waals surface area (Å²) >= 11 is 5.72. The topological polar surface area (TPSA) is 86.6 Å². The van der Waals surface area contributed by atoms with Crippen molar-refractivity contribution in [2.24, 2.45) is 17.8 Å². The van der Waals surface area contributed by atoms with E-state index in [1.165, 1.54) is 18.9 Å². The molecule has 0 saturated heterocycles. The highest BCUT2D eigenvalue weighted by Gasteiger charge is 2.24. The van der Waals surface area contributed by atoms with Crippen molar-refractivity contribution < 1.29 is 19.8 Å². The van der Waals surface area contributed by atoms with Crippen LogP contribution in [0.1, 0.15) is 49.9 Å². The van der Waals surface area contributed by atoms with Gasteiger partial charge in [-0.05, 0) is 42.7 Å². The molecule has 1 aromatic carbocycles. The number of phenolic OH excluding ortho intramolecular Hbond substituents is 2. The van der Waals surface area contributed by atoms with Crippen LogP contribution in [0.5, 0.6) is 11.5 Å². The van der Waals surface area contributed by atoms with Crippen LogP contribution in [0.15, 0.2) is 12.1 Å². The maximum Gasteiger partial charge on any atom is 0.292 e. The highest BCUT2D eigenvalue weighted by atomic mass is 35.5. The molecule has 1 fully saturated rings. The molecule has 5 nitrogen and oxygen atoms in total. The molecule has 0 aromatic heterocycles. The van der Waals surface area contributed by atoms with Gasteiger partial charge in [0.05, 0.1) is 5.02 Å². The second kappa shape index (κ2) is 7.88. The van der Waals surface area contributed by atoms with Crippen LogP contribution in [-0.4, -0.2) is 28.4 Å².